The van der Waals surface area contributed by atoms with Gasteiger partial charge in [-0.15, -0.1) is 0 Å². The van der Waals surface area contributed by atoms with Crippen molar-refractivity contribution in [1.29, 1.82) is 0 Å². The predicted molar refractivity (Wildman–Crippen MR) is 256 cm³/mol. The quantitative estimate of drug-likeness (QED) is 0.0270. The van der Waals surface area contributed by atoms with E-state index in [1.165, 1.54) is 64.2 Å². The standard InChI is InChI=1S/C53H88O9/c1-3-5-7-9-11-13-15-17-19-21-22-23-24-25-26-27-28-30-32-34-36-38-40-42-49(55)61-47(46-60-53-52(58)51(57)50(56)48(44-54)62-53)45-59-43-41-39-37-35-33-31-29-20-18-16-14-12-10-8-6-4-2/h5,7,11,13,17-20,22-23,25-26,28,30,34,36,47-48,50-54,56-58H,3-4,6,8-10,12,14-16,21,24,27,29,31-33,35,37-46H2,1-2H3/b7-5-,13-11-,19-17-,20-18-,23-22-,26-25-,30-28-,36-34-. The highest BCUT2D eigenvalue weighted by Crippen LogP contribution is 2.22. The van der Waals surface area contributed by atoms with Crippen LogP contribution in [-0.4, -0.2) is 89.6 Å². The summed E-state index contributed by atoms with van der Waals surface area (Å²) in [5.74, 6) is -0.376. The Morgan fingerprint density at radius 2 is 0.984 bits per heavy atom. The van der Waals surface area contributed by atoms with Crippen LogP contribution in [0.3, 0.4) is 0 Å². The van der Waals surface area contributed by atoms with E-state index in [0.717, 1.165) is 77.0 Å². The van der Waals surface area contributed by atoms with Crippen LogP contribution < -0.4 is 0 Å². The van der Waals surface area contributed by atoms with Crippen molar-refractivity contribution in [3.8, 4) is 0 Å². The van der Waals surface area contributed by atoms with Crippen LogP contribution in [0.25, 0.3) is 0 Å². The largest absolute Gasteiger partial charge is 0.457 e. The minimum atomic E-state index is -1.55. The number of esters is 1. The molecule has 9 nitrogen and oxygen atoms in total. The summed E-state index contributed by atoms with van der Waals surface area (Å²) in [4.78, 5) is 12.8. The van der Waals surface area contributed by atoms with Crippen molar-refractivity contribution < 1.29 is 44.2 Å². The number of hydrogen-bond donors (Lipinski definition) is 4. The lowest BCUT2D eigenvalue weighted by Gasteiger charge is -2.39. The topological polar surface area (TPSA) is 135 Å². The maximum Gasteiger partial charge on any atom is 0.306 e. The van der Waals surface area contributed by atoms with E-state index >= 15 is 0 Å². The van der Waals surface area contributed by atoms with Crippen LogP contribution in [0.2, 0.25) is 0 Å². The van der Waals surface area contributed by atoms with Gasteiger partial charge in [0.25, 0.3) is 0 Å². The number of rotatable bonds is 40. The molecule has 1 saturated heterocycles. The van der Waals surface area contributed by atoms with Gasteiger partial charge >= 0.3 is 5.97 Å². The van der Waals surface area contributed by atoms with Crippen LogP contribution in [0, 0.1) is 0 Å². The van der Waals surface area contributed by atoms with Crippen molar-refractivity contribution in [2.24, 2.45) is 0 Å². The van der Waals surface area contributed by atoms with E-state index in [9.17, 15) is 25.2 Å². The Morgan fingerprint density at radius 1 is 0.532 bits per heavy atom. The van der Waals surface area contributed by atoms with E-state index in [0.29, 0.717) is 13.0 Å². The second-order valence-electron chi connectivity index (χ2n) is 16.2. The number of carbonyl (C=O) groups excluding carboxylic acids is 1. The summed E-state index contributed by atoms with van der Waals surface area (Å²) in [6.45, 7) is 4.34. The fourth-order valence-corrected chi connectivity index (χ4v) is 6.71. The summed E-state index contributed by atoms with van der Waals surface area (Å²) >= 11 is 0. The number of hydrogen-bond acceptors (Lipinski definition) is 9. The second kappa shape index (κ2) is 43.4. The molecule has 0 aromatic carbocycles. The molecule has 1 heterocycles. The maximum absolute atomic E-state index is 12.8. The highest BCUT2D eigenvalue weighted by Gasteiger charge is 2.44. The SMILES string of the molecule is CC/C=C\C/C=C\C/C=C\C/C=C\C/C=C\C/C=C\C/C=C\CCCC(=O)OC(COCCCCCCCC/C=C\CCCCCCCC)COC1OC(CO)C(O)C(O)C1O. The van der Waals surface area contributed by atoms with Crippen LogP contribution in [-0.2, 0) is 23.7 Å². The van der Waals surface area contributed by atoms with E-state index < -0.39 is 43.4 Å². The minimum absolute atomic E-state index is 0.111. The molecule has 4 N–H and O–H groups in total. The molecule has 1 fully saturated rings. The van der Waals surface area contributed by atoms with Gasteiger partial charge in [0.15, 0.2) is 6.29 Å². The molecule has 0 aromatic rings. The molecule has 0 saturated carbocycles. The van der Waals surface area contributed by atoms with E-state index in [4.69, 9.17) is 18.9 Å². The summed E-state index contributed by atoms with van der Waals surface area (Å²) in [6, 6.07) is 0. The third-order valence-corrected chi connectivity index (χ3v) is 10.5. The van der Waals surface area contributed by atoms with Crippen molar-refractivity contribution in [3.63, 3.8) is 0 Å². The lowest BCUT2D eigenvalue weighted by molar-refractivity contribution is -0.305. The minimum Gasteiger partial charge on any atom is -0.457 e. The molecule has 1 aliphatic rings. The lowest BCUT2D eigenvalue weighted by atomic mass is 9.99. The van der Waals surface area contributed by atoms with Crippen LogP contribution in [0.1, 0.15) is 168 Å². The maximum atomic E-state index is 12.8. The molecule has 0 bridgehead atoms. The lowest BCUT2D eigenvalue weighted by Crippen LogP contribution is -2.59. The van der Waals surface area contributed by atoms with Crippen molar-refractivity contribution in [1.82, 2.24) is 0 Å². The van der Waals surface area contributed by atoms with Gasteiger partial charge in [0.2, 0.25) is 0 Å². The Balaban J connectivity index is 2.31. The Hall–Kier alpha value is -2.89. The summed E-state index contributed by atoms with van der Waals surface area (Å²) in [6.07, 6.45) is 53.0. The number of aliphatic hydroxyl groups excluding tert-OH is 4. The van der Waals surface area contributed by atoms with Crippen LogP contribution in [0.4, 0.5) is 0 Å². The predicted octanol–water partition coefficient (Wildman–Crippen LogP) is 11.6. The monoisotopic (exact) mass is 869 g/mol. The van der Waals surface area contributed by atoms with Crippen molar-refractivity contribution in [3.05, 3.63) is 97.2 Å². The number of carbonyl (C=O) groups is 1. The fraction of sp³-hybridized carbons (Fsp3) is 0.679. The summed E-state index contributed by atoms with van der Waals surface area (Å²) < 4.78 is 22.8. The van der Waals surface area contributed by atoms with Crippen LogP contribution >= 0.6 is 0 Å². The van der Waals surface area contributed by atoms with Gasteiger partial charge in [-0.05, 0) is 89.9 Å². The average Bonchev–Trinajstić information content (AvgIpc) is 3.27. The van der Waals surface area contributed by atoms with E-state index in [-0.39, 0.29) is 25.6 Å². The number of aliphatic hydroxyl groups is 4. The van der Waals surface area contributed by atoms with Gasteiger partial charge in [0, 0.05) is 13.0 Å². The third-order valence-electron chi connectivity index (χ3n) is 10.5. The molecule has 1 rings (SSSR count). The average molecular weight is 869 g/mol. The Morgan fingerprint density at radius 3 is 1.50 bits per heavy atom. The van der Waals surface area contributed by atoms with Crippen LogP contribution in [0.5, 0.6) is 0 Å². The highest BCUT2D eigenvalue weighted by atomic mass is 16.7. The number of allylic oxidation sites excluding steroid dienone is 16. The zero-order chi connectivity index (χ0) is 45.0. The molecule has 9 heteroatoms. The zero-order valence-corrected chi connectivity index (χ0v) is 38.8. The molecule has 62 heavy (non-hydrogen) atoms. The molecular weight excluding hydrogens is 781 g/mol. The Labute approximate surface area is 377 Å². The van der Waals surface area contributed by atoms with Gasteiger partial charge in [-0.2, -0.15) is 0 Å². The second-order valence-corrected chi connectivity index (χ2v) is 16.2. The third kappa shape index (κ3) is 33.6. The van der Waals surface area contributed by atoms with Crippen molar-refractivity contribution >= 4 is 5.97 Å². The molecule has 0 amide bonds. The van der Waals surface area contributed by atoms with Gasteiger partial charge in [-0.25, -0.2) is 0 Å². The van der Waals surface area contributed by atoms with Gasteiger partial charge in [0.1, 0.15) is 30.5 Å². The number of ether oxygens (including phenoxy) is 4. The van der Waals surface area contributed by atoms with E-state index in [2.05, 4.69) is 111 Å². The Bertz CT molecular complexity index is 1260. The first-order valence-corrected chi connectivity index (χ1v) is 24.3. The molecule has 6 unspecified atom stereocenters. The summed E-state index contributed by atoms with van der Waals surface area (Å²) in [5.41, 5.74) is 0. The first-order valence-electron chi connectivity index (χ1n) is 24.3. The van der Waals surface area contributed by atoms with Gasteiger partial charge in [-0.3, -0.25) is 4.79 Å². The van der Waals surface area contributed by atoms with Crippen molar-refractivity contribution in [2.45, 2.75) is 205 Å². The Kier molecular flexibility index (Phi) is 40.0. The normalized spacial score (nSPS) is 20.6. The molecule has 0 aliphatic carbocycles. The van der Waals surface area contributed by atoms with Gasteiger partial charge in [-0.1, -0.05) is 169 Å². The number of unbranched alkanes of at least 4 members (excludes halogenated alkanes) is 13. The van der Waals surface area contributed by atoms with Crippen molar-refractivity contribution in [2.75, 3.05) is 26.4 Å². The van der Waals surface area contributed by atoms with Crippen LogP contribution in [0.15, 0.2) is 97.2 Å². The van der Waals surface area contributed by atoms with Gasteiger partial charge in [0.05, 0.1) is 19.8 Å². The smallest absolute Gasteiger partial charge is 0.306 e. The molecule has 354 valence electrons. The first-order chi connectivity index (χ1) is 30.4. The highest BCUT2D eigenvalue weighted by molar-refractivity contribution is 5.69. The fourth-order valence-electron chi connectivity index (χ4n) is 6.71. The molecule has 0 radical (unpaired) electrons. The molecule has 1 aliphatic heterocycles. The molecule has 0 spiro atoms. The van der Waals surface area contributed by atoms with Gasteiger partial charge < -0.3 is 39.4 Å². The zero-order valence-electron chi connectivity index (χ0n) is 38.8. The molecule has 0 aromatic heterocycles. The summed E-state index contributed by atoms with van der Waals surface area (Å²) in [5, 5.41) is 40.2. The van der Waals surface area contributed by atoms with E-state index in [1.807, 2.05) is 0 Å². The summed E-state index contributed by atoms with van der Waals surface area (Å²) in [7, 11) is 0. The molecule has 6 atom stereocenters. The molecular formula is C53H88O9. The van der Waals surface area contributed by atoms with E-state index in [1.54, 1.807) is 0 Å². The first kappa shape index (κ1) is 57.1.